The van der Waals surface area contributed by atoms with Crippen molar-refractivity contribution < 1.29 is 26.7 Å². The zero-order chi connectivity index (χ0) is 22.2. The van der Waals surface area contributed by atoms with Crippen LogP contribution in [0.25, 0.3) is 0 Å². The number of pyridine rings is 1. The Bertz CT molecular complexity index is 1250. The standard InChI is InChI=1S/C20H18F2N4O4S.H2S/c1-26-10-17-19(18(26)20(27)24-13-4-5-15(21)16(22)8-13)30-11-14(25-31(17,28)29)7-12-3-2-6-23-9-12;/h2-6,8-10,14,25H,7,11H2,1H3,(H,24,27);1H2/t14-;/m0./s1. The third-order valence-electron chi connectivity index (χ3n) is 4.74. The summed E-state index contributed by atoms with van der Waals surface area (Å²) >= 11 is 0. The van der Waals surface area contributed by atoms with E-state index in [1.807, 2.05) is 6.07 Å². The van der Waals surface area contributed by atoms with Crippen molar-refractivity contribution >= 4 is 35.1 Å². The maximum Gasteiger partial charge on any atom is 0.276 e. The maximum absolute atomic E-state index is 13.5. The van der Waals surface area contributed by atoms with E-state index >= 15 is 0 Å². The first-order valence-electron chi connectivity index (χ1n) is 9.24. The van der Waals surface area contributed by atoms with Crippen LogP contribution >= 0.6 is 13.5 Å². The first kappa shape index (κ1) is 23.7. The van der Waals surface area contributed by atoms with Crippen LogP contribution in [0.1, 0.15) is 16.1 Å². The summed E-state index contributed by atoms with van der Waals surface area (Å²) in [5.41, 5.74) is 0.775. The van der Waals surface area contributed by atoms with Crippen LogP contribution in [0.2, 0.25) is 0 Å². The highest BCUT2D eigenvalue weighted by atomic mass is 32.2. The van der Waals surface area contributed by atoms with E-state index in [4.69, 9.17) is 4.74 Å². The van der Waals surface area contributed by atoms with Gasteiger partial charge in [0.15, 0.2) is 23.1 Å². The molecule has 1 aliphatic rings. The molecule has 1 aliphatic heterocycles. The number of nitrogens with zero attached hydrogens (tertiary/aromatic N) is 2. The number of amides is 1. The Balaban J connectivity index is 0.00000289. The predicted molar refractivity (Wildman–Crippen MR) is 118 cm³/mol. The molecule has 1 amide bonds. The third-order valence-corrected chi connectivity index (χ3v) is 6.25. The van der Waals surface area contributed by atoms with E-state index in [-0.39, 0.29) is 42.1 Å². The smallest absolute Gasteiger partial charge is 0.276 e. The van der Waals surface area contributed by atoms with Crippen molar-refractivity contribution in [2.24, 2.45) is 7.05 Å². The molecule has 170 valence electrons. The maximum atomic E-state index is 13.5. The summed E-state index contributed by atoms with van der Waals surface area (Å²) in [6, 6.07) is 5.90. The number of nitrogens with one attached hydrogen (secondary N) is 2. The van der Waals surface area contributed by atoms with Gasteiger partial charge in [-0.15, -0.1) is 0 Å². The number of halogens is 2. The Morgan fingerprint density at radius 3 is 2.78 bits per heavy atom. The van der Waals surface area contributed by atoms with Crippen LogP contribution in [0.4, 0.5) is 14.5 Å². The largest absolute Gasteiger partial charge is 0.488 e. The number of anilines is 1. The highest BCUT2D eigenvalue weighted by Gasteiger charge is 2.34. The number of benzene rings is 1. The van der Waals surface area contributed by atoms with E-state index in [0.717, 1.165) is 17.7 Å². The minimum atomic E-state index is -3.97. The molecule has 0 radical (unpaired) electrons. The molecule has 2 N–H and O–H groups in total. The molecular weight excluding hydrogens is 462 g/mol. The fourth-order valence-corrected chi connectivity index (χ4v) is 4.75. The lowest BCUT2D eigenvalue weighted by atomic mass is 10.1. The highest BCUT2D eigenvalue weighted by molar-refractivity contribution is 7.89. The summed E-state index contributed by atoms with van der Waals surface area (Å²) in [4.78, 5) is 16.6. The summed E-state index contributed by atoms with van der Waals surface area (Å²) in [5, 5.41) is 2.43. The molecule has 0 saturated heterocycles. The summed E-state index contributed by atoms with van der Waals surface area (Å²) in [6.45, 7) is -0.0173. The van der Waals surface area contributed by atoms with E-state index < -0.39 is 33.6 Å². The van der Waals surface area contributed by atoms with E-state index in [1.54, 1.807) is 18.5 Å². The predicted octanol–water partition coefficient (Wildman–Crippen LogP) is 2.35. The Kier molecular flexibility index (Phi) is 6.86. The van der Waals surface area contributed by atoms with Crippen molar-refractivity contribution in [3.63, 3.8) is 0 Å². The zero-order valence-corrected chi connectivity index (χ0v) is 18.6. The normalized spacial score (nSPS) is 16.8. The Hall–Kier alpha value is -2.96. The molecule has 4 rings (SSSR count). The van der Waals surface area contributed by atoms with Gasteiger partial charge >= 0.3 is 0 Å². The molecule has 32 heavy (non-hydrogen) atoms. The average Bonchev–Trinajstić information content (AvgIpc) is 3.01. The number of sulfonamides is 1. The molecule has 3 heterocycles. The van der Waals surface area contributed by atoms with Gasteiger partial charge in [-0.25, -0.2) is 21.9 Å². The molecule has 0 saturated carbocycles. The van der Waals surface area contributed by atoms with Gasteiger partial charge in [-0.1, -0.05) is 6.07 Å². The second-order valence-electron chi connectivity index (χ2n) is 7.06. The number of carbonyl (C=O) groups excluding carboxylic acids is 1. The Morgan fingerprint density at radius 1 is 1.31 bits per heavy atom. The van der Waals surface area contributed by atoms with Crippen LogP contribution in [0.3, 0.4) is 0 Å². The number of rotatable bonds is 4. The average molecular weight is 483 g/mol. The van der Waals surface area contributed by atoms with Crippen molar-refractivity contribution in [1.29, 1.82) is 0 Å². The second kappa shape index (κ2) is 9.27. The van der Waals surface area contributed by atoms with Crippen LogP contribution < -0.4 is 14.8 Å². The zero-order valence-electron chi connectivity index (χ0n) is 16.8. The number of hydrogen-bond donors (Lipinski definition) is 2. The van der Waals surface area contributed by atoms with Crippen LogP contribution in [0, 0.1) is 11.6 Å². The molecule has 1 aromatic carbocycles. The number of ether oxygens (including phenoxy) is 1. The highest BCUT2D eigenvalue weighted by Crippen LogP contribution is 2.33. The van der Waals surface area contributed by atoms with Gasteiger partial charge in [-0.05, 0) is 30.2 Å². The van der Waals surface area contributed by atoms with Crippen LogP contribution in [0.15, 0.2) is 53.8 Å². The SMILES string of the molecule is Cn1cc2c(c1C(=O)Nc1ccc(F)c(F)c1)OC[C@H](Cc1cccnc1)NS2(=O)=O.S. The summed E-state index contributed by atoms with van der Waals surface area (Å²) in [6.07, 6.45) is 4.86. The topological polar surface area (TPSA) is 102 Å². The molecule has 1 atom stereocenters. The molecule has 8 nitrogen and oxygen atoms in total. The van der Waals surface area contributed by atoms with Crippen molar-refractivity contribution in [3.8, 4) is 5.75 Å². The number of carbonyl (C=O) groups is 1. The van der Waals surface area contributed by atoms with Gasteiger partial charge in [-0.2, -0.15) is 13.5 Å². The quantitative estimate of drug-likeness (QED) is 0.594. The van der Waals surface area contributed by atoms with Gasteiger partial charge in [0.05, 0.1) is 6.04 Å². The Labute approximate surface area is 190 Å². The molecule has 3 aromatic rings. The fourth-order valence-electron chi connectivity index (χ4n) is 3.34. The number of hydrogen-bond acceptors (Lipinski definition) is 5. The van der Waals surface area contributed by atoms with Gasteiger partial charge < -0.3 is 14.6 Å². The van der Waals surface area contributed by atoms with E-state index in [0.29, 0.717) is 6.42 Å². The van der Waals surface area contributed by atoms with Crippen molar-refractivity contribution in [2.75, 3.05) is 11.9 Å². The molecule has 0 bridgehead atoms. The van der Waals surface area contributed by atoms with Crippen LogP contribution in [0.5, 0.6) is 5.75 Å². The van der Waals surface area contributed by atoms with Gasteiger partial charge in [0, 0.05) is 37.4 Å². The van der Waals surface area contributed by atoms with Crippen molar-refractivity contribution in [1.82, 2.24) is 14.3 Å². The van der Waals surface area contributed by atoms with E-state index in [9.17, 15) is 22.0 Å². The third kappa shape index (κ3) is 4.76. The minimum absolute atomic E-state index is 0. The Morgan fingerprint density at radius 2 is 2.09 bits per heavy atom. The molecule has 0 spiro atoms. The second-order valence-corrected chi connectivity index (χ2v) is 8.74. The molecule has 2 aromatic heterocycles. The number of aromatic nitrogens is 2. The summed E-state index contributed by atoms with van der Waals surface area (Å²) in [5.74, 6) is -3.00. The number of aryl methyl sites for hydroxylation is 1. The first-order chi connectivity index (χ1) is 14.7. The van der Waals surface area contributed by atoms with Crippen molar-refractivity contribution in [3.05, 3.63) is 71.8 Å². The molecule has 12 heteroatoms. The fraction of sp³-hybridized carbons (Fsp3) is 0.200. The summed E-state index contributed by atoms with van der Waals surface area (Å²) < 4.78 is 62.0. The lowest BCUT2D eigenvalue weighted by Gasteiger charge is -2.15. The van der Waals surface area contributed by atoms with Gasteiger partial charge in [0.1, 0.15) is 11.5 Å². The van der Waals surface area contributed by atoms with Crippen LogP contribution in [-0.2, 0) is 23.5 Å². The molecular formula is C20H20F2N4O4S2. The lowest BCUT2D eigenvalue weighted by Crippen LogP contribution is -2.38. The molecule has 0 aliphatic carbocycles. The minimum Gasteiger partial charge on any atom is -0.488 e. The van der Waals surface area contributed by atoms with Gasteiger partial charge in [-0.3, -0.25) is 9.78 Å². The molecule has 0 unspecified atom stereocenters. The van der Waals surface area contributed by atoms with E-state index in [1.165, 1.54) is 23.9 Å². The van der Waals surface area contributed by atoms with E-state index in [2.05, 4.69) is 15.0 Å². The monoisotopic (exact) mass is 482 g/mol. The van der Waals surface area contributed by atoms with Crippen molar-refractivity contribution in [2.45, 2.75) is 17.4 Å². The van der Waals surface area contributed by atoms with Crippen LogP contribution in [-0.4, -0.2) is 36.5 Å². The van der Waals surface area contributed by atoms with Gasteiger partial charge in [0.25, 0.3) is 5.91 Å². The first-order valence-corrected chi connectivity index (χ1v) is 10.7. The van der Waals surface area contributed by atoms with Gasteiger partial charge in [0.2, 0.25) is 10.0 Å². The lowest BCUT2D eigenvalue weighted by molar-refractivity contribution is 0.101. The molecule has 0 fully saturated rings. The number of fused-ring (bicyclic) bond motifs is 1. The summed E-state index contributed by atoms with van der Waals surface area (Å²) in [7, 11) is -2.49.